The molecule has 3 heteroatoms. The number of hydrogen-bond donors (Lipinski definition) is 0. The second-order valence-electron chi connectivity index (χ2n) is 3.01. The lowest BCUT2D eigenvalue weighted by Crippen LogP contribution is -1.86. The Balaban J connectivity index is 2.63. The van der Waals surface area contributed by atoms with E-state index in [4.69, 9.17) is 5.26 Å². The van der Waals surface area contributed by atoms with Crippen molar-refractivity contribution in [2.45, 2.75) is 0 Å². The molecular formula is C12H7NOS. The van der Waals surface area contributed by atoms with Crippen LogP contribution in [-0.2, 0) is 0 Å². The summed E-state index contributed by atoms with van der Waals surface area (Å²) >= 11 is 1.56. The number of rotatable bonds is 2. The molecule has 0 unspecified atom stereocenters. The zero-order valence-electron chi connectivity index (χ0n) is 7.81. The van der Waals surface area contributed by atoms with Crippen molar-refractivity contribution in [3.8, 4) is 16.5 Å². The highest BCUT2D eigenvalue weighted by molar-refractivity contribution is 7.13. The minimum Gasteiger partial charge on any atom is -0.298 e. The van der Waals surface area contributed by atoms with E-state index in [0.29, 0.717) is 11.1 Å². The molecule has 1 aromatic heterocycles. The number of aldehydes is 1. The van der Waals surface area contributed by atoms with Gasteiger partial charge in [-0.05, 0) is 29.6 Å². The van der Waals surface area contributed by atoms with Crippen LogP contribution in [0, 0.1) is 11.3 Å². The van der Waals surface area contributed by atoms with Crippen molar-refractivity contribution in [2.75, 3.05) is 0 Å². The van der Waals surface area contributed by atoms with Crippen LogP contribution in [0.3, 0.4) is 0 Å². The van der Waals surface area contributed by atoms with Gasteiger partial charge in [0.15, 0.2) is 6.29 Å². The Morgan fingerprint density at radius 1 is 1.33 bits per heavy atom. The van der Waals surface area contributed by atoms with Crippen molar-refractivity contribution < 1.29 is 4.79 Å². The van der Waals surface area contributed by atoms with Crippen molar-refractivity contribution in [3.05, 3.63) is 46.8 Å². The first-order chi connectivity index (χ1) is 7.35. The molecular weight excluding hydrogens is 206 g/mol. The molecule has 0 fully saturated rings. The molecule has 0 saturated carbocycles. The van der Waals surface area contributed by atoms with Gasteiger partial charge in [0, 0.05) is 16.0 Å². The maximum atomic E-state index is 10.8. The first kappa shape index (κ1) is 9.63. The molecule has 15 heavy (non-hydrogen) atoms. The molecule has 0 saturated heterocycles. The number of nitrogens with zero attached hydrogens (tertiary/aromatic N) is 1. The summed E-state index contributed by atoms with van der Waals surface area (Å²) in [5, 5.41) is 10.7. The summed E-state index contributed by atoms with van der Waals surface area (Å²) in [5.41, 5.74) is 2.03. The van der Waals surface area contributed by atoms with Crippen molar-refractivity contribution in [1.82, 2.24) is 0 Å². The van der Waals surface area contributed by atoms with E-state index in [1.54, 1.807) is 29.5 Å². The Bertz CT molecular complexity index is 523. The predicted molar refractivity (Wildman–Crippen MR) is 59.9 cm³/mol. The van der Waals surface area contributed by atoms with Crippen LogP contribution >= 0.6 is 11.3 Å². The number of benzene rings is 1. The summed E-state index contributed by atoms with van der Waals surface area (Å²) in [4.78, 5) is 11.9. The third-order valence-corrected chi connectivity index (χ3v) is 3.00. The molecule has 2 aromatic rings. The van der Waals surface area contributed by atoms with E-state index in [0.717, 1.165) is 16.7 Å². The molecule has 0 N–H and O–H groups in total. The number of carbonyl (C=O) groups excluding carboxylic acids is 1. The van der Waals surface area contributed by atoms with Gasteiger partial charge in [0.25, 0.3) is 0 Å². The smallest absolute Gasteiger partial charge is 0.150 e. The van der Waals surface area contributed by atoms with Gasteiger partial charge < -0.3 is 0 Å². The highest BCUT2D eigenvalue weighted by Crippen LogP contribution is 2.28. The Labute approximate surface area is 91.4 Å². The highest BCUT2D eigenvalue weighted by Gasteiger charge is 2.06. The molecule has 1 aromatic carbocycles. The quantitative estimate of drug-likeness (QED) is 0.719. The SMILES string of the molecule is N#Cc1ccc(C=O)c(-c2cccs2)c1. The average Bonchev–Trinajstić information content (AvgIpc) is 2.81. The van der Waals surface area contributed by atoms with Gasteiger partial charge in [0.2, 0.25) is 0 Å². The summed E-state index contributed by atoms with van der Waals surface area (Å²) in [7, 11) is 0. The van der Waals surface area contributed by atoms with Gasteiger partial charge in [-0.3, -0.25) is 4.79 Å². The second-order valence-corrected chi connectivity index (χ2v) is 3.96. The fourth-order valence-electron chi connectivity index (χ4n) is 1.37. The molecule has 0 aliphatic rings. The first-order valence-corrected chi connectivity index (χ1v) is 5.26. The van der Waals surface area contributed by atoms with Gasteiger partial charge in [-0.1, -0.05) is 6.07 Å². The second kappa shape index (κ2) is 4.07. The first-order valence-electron chi connectivity index (χ1n) is 4.38. The molecule has 0 radical (unpaired) electrons. The van der Waals surface area contributed by atoms with E-state index < -0.39 is 0 Å². The molecule has 0 aliphatic heterocycles. The Morgan fingerprint density at radius 3 is 2.80 bits per heavy atom. The van der Waals surface area contributed by atoms with Crippen molar-refractivity contribution >= 4 is 17.6 Å². The minimum atomic E-state index is 0.573. The van der Waals surface area contributed by atoms with Gasteiger partial charge in [0.1, 0.15) is 0 Å². The van der Waals surface area contributed by atoms with Gasteiger partial charge in [0.05, 0.1) is 11.6 Å². The zero-order chi connectivity index (χ0) is 10.7. The number of nitriles is 1. The third kappa shape index (κ3) is 1.80. The van der Waals surface area contributed by atoms with Crippen LogP contribution in [0.1, 0.15) is 15.9 Å². The van der Waals surface area contributed by atoms with E-state index in [2.05, 4.69) is 6.07 Å². The van der Waals surface area contributed by atoms with Crippen molar-refractivity contribution in [2.24, 2.45) is 0 Å². The molecule has 2 rings (SSSR count). The normalized spacial score (nSPS) is 9.53. The van der Waals surface area contributed by atoms with Gasteiger partial charge in [-0.15, -0.1) is 11.3 Å². The predicted octanol–water partition coefficient (Wildman–Crippen LogP) is 3.10. The largest absolute Gasteiger partial charge is 0.298 e. The zero-order valence-corrected chi connectivity index (χ0v) is 8.62. The maximum absolute atomic E-state index is 10.8. The number of hydrogen-bond acceptors (Lipinski definition) is 3. The Morgan fingerprint density at radius 2 is 2.20 bits per heavy atom. The topological polar surface area (TPSA) is 40.9 Å². The van der Waals surface area contributed by atoms with Crippen molar-refractivity contribution in [3.63, 3.8) is 0 Å². The lowest BCUT2D eigenvalue weighted by atomic mass is 10.0. The van der Waals surface area contributed by atoms with E-state index >= 15 is 0 Å². The Kier molecular flexibility index (Phi) is 2.61. The summed E-state index contributed by atoms with van der Waals surface area (Å²) in [6, 6.07) is 11.0. The molecule has 0 spiro atoms. The van der Waals surface area contributed by atoms with Gasteiger partial charge >= 0.3 is 0 Å². The molecule has 0 amide bonds. The van der Waals surface area contributed by atoms with E-state index in [1.807, 2.05) is 17.5 Å². The summed E-state index contributed by atoms with van der Waals surface area (Å²) in [6.07, 6.45) is 0.816. The monoisotopic (exact) mass is 213 g/mol. The van der Waals surface area contributed by atoms with Gasteiger partial charge in [-0.2, -0.15) is 5.26 Å². The fraction of sp³-hybridized carbons (Fsp3) is 0. The number of carbonyl (C=O) groups is 1. The summed E-state index contributed by atoms with van der Waals surface area (Å²) < 4.78 is 0. The van der Waals surface area contributed by atoms with E-state index in [1.165, 1.54) is 0 Å². The van der Waals surface area contributed by atoms with E-state index in [-0.39, 0.29) is 0 Å². The maximum Gasteiger partial charge on any atom is 0.150 e. The van der Waals surface area contributed by atoms with Crippen LogP contribution in [0.4, 0.5) is 0 Å². The number of thiophene rings is 1. The van der Waals surface area contributed by atoms with Crippen LogP contribution in [0.5, 0.6) is 0 Å². The Hall–Kier alpha value is -1.92. The van der Waals surface area contributed by atoms with Crippen LogP contribution in [0.25, 0.3) is 10.4 Å². The molecule has 72 valence electrons. The van der Waals surface area contributed by atoms with Crippen LogP contribution < -0.4 is 0 Å². The molecule has 0 bridgehead atoms. The lowest BCUT2D eigenvalue weighted by Gasteiger charge is -2.01. The molecule has 2 nitrogen and oxygen atoms in total. The molecule has 0 atom stereocenters. The van der Waals surface area contributed by atoms with Crippen LogP contribution in [0.2, 0.25) is 0 Å². The average molecular weight is 213 g/mol. The lowest BCUT2D eigenvalue weighted by molar-refractivity contribution is 0.112. The van der Waals surface area contributed by atoms with E-state index in [9.17, 15) is 4.79 Å². The molecule has 0 aliphatic carbocycles. The van der Waals surface area contributed by atoms with Gasteiger partial charge in [-0.25, -0.2) is 0 Å². The summed E-state index contributed by atoms with van der Waals surface area (Å²) in [6.45, 7) is 0. The van der Waals surface area contributed by atoms with Crippen LogP contribution in [0.15, 0.2) is 35.7 Å². The standard InChI is InChI=1S/C12H7NOS/c13-7-9-3-4-10(8-14)11(6-9)12-2-1-5-15-12/h1-6,8H. The van der Waals surface area contributed by atoms with Crippen molar-refractivity contribution in [1.29, 1.82) is 5.26 Å². The fourth-order valence-corrected chi connectivity index (χ4v) is 2.14. The molecule has 1 heterocycles. The highest BCUT2D eigenvalue weighted by atomic mass is 32.1. The third-order valence-electron chi connectivity index (χ3n) is 2.10. The summed E-state index contributed by atoms with van der Waals surface area (Å²) in [5.74, 6) is 0. The minimum absolute atomic E-state index is 0.573. The van der Waals surface area contributed by atoms with Crippen LogP contribution in [-0.4, -0.2) is 6.29 Å².